The van der Waals surface area contributed by atoms with Gasteiger partial charge in [-0.3, -0.25) is 0 Å². The SMILES string of the molecule is COc1ccc(CC(C)C)c(OC)c1OC. The summed E-state index contributed by atoms with van der Waals surface area (Å²) in [4.78, 5) is 0. The third-order valence-electron chi connectivity index (χ3n) is 2.41. The first-order valence-corrected chi connectivity index (χ1v) is 5.41. The largest absolute Gasteiger partial charge is 0.493 e. The second-order valence-electron chi connectivity index (χ2n) is 4.09. The maximum Gasteiger partial charge on any atom is 0.203 e. The summed E-state index contributed by atoms with van der Waals surface area (Å²) >= 11 is 0. The van der Waals surface area contributed by atoms with Crippen molar-refractivity contribution in [2.24, 2.45) is 5.92 Å². The van der Waals surface area contributed by atoms with E-state index in [1.54, 1.807) is 21.3 Å². The average molecular weight is 224 g/mol. The lowest BCUT2D eigenvalue weighted by Gasteiger charge is -2.16. The Bertz CT molecular complexity index is 345. The molecule has 0 saturated carbocycles. The molecule has 0 aliphatic rings. The van der Waals surface area contributed by atoms with Crippen LogP contribution in [0.15, 0.2) is 12.1 Å². The molecular formula is C13H20O3. The summed E-state index contributed by atoms with van der Waals surface area (Å²) in [7, 11) is 4.90. The highest BCUT2D eigenvalue weighted by atomic mass is 16.5. The molecule has 0 aromatic heterocycles. The van der Waals surface area contributed by atoms with Gasteiger partial charge in [-0.05, 0) is 24.0 Å². The van der Waals surface area contributed by atoms with E-state index >= 15 is 0 Å². The van der Waals surface area contributed by atoms with E-state index in [-0.39, 0.29) is 0 Å². The van der Waals surface area contributed by atoms with E-state index < -0.39 is 0 Å². The summed E-state index contributed by atoms with van der Waals surface area (Å²) in [6.07, 6.45) is 0.962. The topological polar surface area (TPSA) is 27.7 Å². The number of rotatable bonds is 5. The molecule has 0 aliphatic heterocycles. The van der Waals surface area contributed by atoms with Gasteiger partial charge in [0.25, 0.3) is 0 Å². The van der Waals surface area contributed by atoms with E-state index in [1.807, 2.05) is 12.1 Å². The molecule has 0 radical (unpaired) electrons. The minimum Gasteiger partial charge on any atom is -0.493 e. The Hall–Kier alpha value is -1.38. The van der Waals surface area contributed by atoms with Crippen LogP contribution in [0, 0.1) is 5.92 Å². The zero-order valence-electron chi connectivity index (χ0n) is 10.7. The fourth-order valence-electron chi connectivity index (χ4n) is 1.76. The Morgan fingerprint density at radius 1 is 0.938 bits per heavy atom. The number of hydrogen-bond donors (Lipinski definition) is 0. The Kier molecular flexibility index (Phi) is 4.47. The van der Waals surface area contributed by atoms with Gasteiger partial charge in [-0.1, -0.05) is 19.9 Å². The van der Waals surface area contributed by atoms with Crippen molar-refractivity contribution in [3.8, 4) is 17.2 Å². The van der Waals surface area contributed by atoms with Gasteiger partial charge in [-0.15, -0.1) is 0 Å². The van der Waals surface area contributed by atoms with Crippen LogP contribution in [-0.4, -0.2) is 21.3 Å². The molecule has 0 atom stereocenters. The van der Waals surface area contributed by atoms with Crippen LogP contribution in [0.1, 0.15) is 19.4 Å². The molecule has 0 spiro atoms. The minimum absolute atomic E-state index is 0.576. The average Bonchev–Trinajstić information content (AvgIpc) is 2.27. The summed E-state index contributed by atoms with van der Waals surface area (Å²) in [6.45, 7) is 4.35. The lowest BCUT2D eigenvalue weighted by Crippen LogP contribution is -2.01. The molecule has 1 aromatic carbocycles. The number of benzene rings is 1. The van der Waals surface area contributed by atoms with Crippen LogP contribution in [0.3, 0.4) is 0 Å². The number of hydrogen-bond acceptors (Lipinski definition) is 3. The van der Waals surface area contributed by atoms with E-state index in [0.29, 0.717) is 17.4 Å². The first-order chi connectivity index (χ1) is 7.63. The van der Waals surface area contributed by atoms with Gasteiger partial charge in [-0.2, -0.15) is 0 Å². The monoisotopic (exact) mass is 224 g/mol. The zero-order chi connectivity index (χ0) is 12.1. The molecule has 0 saturated heterocycles. The van der Waals surface area contributed by atoms with Gasteiger partial charge >= 0.3 is 0 Å². The van der Waals surface area contributed by atoms with Crippen molar-refractivity contribution in [2.45, 2.75) is 20.3 Å². The molecule has 0 unspecified atom stereocenters. The highest BCUT2D eigenvalue weighted by molar-refractivity contribution is 5.55. The first-order valence-electron chi connectivity index (χ1n) is 5.41. The first kappa shape index (κ1) is 12.7. The summed E-state index contributed by atoms with van der Waals surface area (Å²) in [6, 6.07) is 3.94. The lowest BCUT2D eigenvalue weighted by molar-refractivity contribution is 0.321. The Labute approximate surface area is 97.3 Å². The molecular weight excluding hydrogens is 204 g/mol. The fraction of sp³-hybridized carbons (Fsp3) is 0.538. The van der Waals surface area contributed by atoms with Gasteiger partial charge in [0.2, 0.25) is 5.75 Å². The third kappa shape index (κ3) is 2.60. The molecule has 0 aliphatic carbocycles. The molecule has 1 rings (SSSR count). The van der Waals surface area contributed by atoms with Crippen LogP contribution in [0.5, 0.6) is 17.2 Å². The van der Waals surface area contributed by atoms with Crippen LogP contribution in [0.25, 0.3) is 0 Å². The second-order valence-corrected chi connectivity index (χ2v) is 4.09. The summed E-state index contributed by atoms with van der Waals surface area (Å²) in [5, 5.41) is 0. The molecule has 16 heavy (non-hydrogen) atoms. The third-order valence-corrected chi connectivity index (χ3v) is 2.41. The predicted molar refractivity (Wildman–Crippen MR) is 64.6 cm³/mol. The van der Waals surface area contributed by atoms with Gasteiger partial charge in [-0.25, -0.2) is 0 Å². The Morgan fingerprint density at radius 3 is 2.00 bits per heavy atom. The van der Waals surface area contributed by atoms with Crippen molar-refractivity contribution in [1.82, 2.24) is 0 Å². The molecule has 0 heterocycles. The van der Waals surface area contributed by atoms with E-state index in [1.165, 1.54) is 0 Å². The van der Waals surface area contributed by atoms with E-state index in [0.717, 1.165) is 17.7 Å². The number of ether oxygens (including phenoxy) is 3. The van der Waals surface area contributed by atoms with Crippen LogP contribution in [0.4, 0.5) is 0 Å². The van der Waals surface area contributed by atoms with Crippen LogP contribution < -0.4 is 14.2 Å². The van der Waals surface area contributed by atoms with Crippen molar-refractivity contribution >= 4 is 0 Å². The zero-order valence-corrected chi connectivity index (χ0v) is 10.7. The van der Waals surface area contributed by atoms with E-state index in [2.05, 4.69) is 13.8 Å². The standard InChI is InChI=1S/C13H20O3/c1-9(2)8-10-6-7-11(14-3)13(16-5)12(10)15-4/h6-7,9H,8H2,1-5H3. The lowest BCUT2D eigenvalue weighted by atomic mass is 10.0. The molecule has 90 valence electrons. The van der Waals surface area contributed by atoms with Gasteiger partial charge in [0.1, 0.15) is 0 Å². The molecule has 1 aromatic rings. The molecule has 0 amide bonds. The van der Waals surface area contributed by atoms with Crippen LogP contribution in [-0.2, 0) is 6.42 Å². The van der Waals surface area contributed by atoms with Crippen molar-refractivity contribution in [3.63, 3.8) is 0 Å². The summed E-state index contributed by atoms with van der Waals surface area (Å²) < 4.78 is 16.0. The molecule has 0 fully saturated rings. The molecule has 3 heteroatoms. The highest BCUT2D eigenvalue weighted by Gasteiger charge is 2.15. The van der Waals surface area contributed by atoms with Gasteiger partial charge in [0.15, 0.2) is 11.5 Å². The highest BCUT2D eigenvalue weighted by Crippen LogP contribution is 2.40. The van der Waals surface area contributed by atoms with E-state index in [4.69, 9.17) is 14.2 Å². The molecule has 0 bridgehead atoms. The Morgan fingerprint density at radius 2 is 1.56 bits per heavy atom. The van der Waals surface area contributed by atoms with Crippen LogP contribution >= 0.6 is 0 Å². The van der Waals surface area contributed by atoms with Gasteiger partial charge < -0.3 is 14.2 Å². The van der Waals surface area contributed by atoms with Crippen molar-refractivity contribution in [3.05, 3.63) is 17.7 Å². The van der Waals surface area contributed by atoms with Crippen LogP contribution in [0.2, 0.25) is 0 Å². The smallest absolute Gasteiger partial charge is 0.203 e. The maximum atomic E-state index is 5.41. The minimum atomic E-state index is 0.576. The Balaban J connectivity index is 3.20. The van der Waals surface area contributed by atoms with Crippen molar-refractivity contribution in [1.29, 1.82) is 0 Å². The summed E-state index contributed by atoms with van der Waals surface area (Å²) in [5.41, 5.74) is 1.15. The number of methoxy groups -OCH3 is 3. The summed E-state index contributed by atoms with van der Waals surface area (Å²) in [5.74, 6) is 2.72. The predicted octanol–water partition coefficient (Wildman–Crippen LogP) is 2.91. The molecule has 3 nitrogen and oxygen atoms in total. The fourth-order valence-corrected chi connectivity index (χ4v) is 1.76. The quantitative estimate of drug-likeness (QED) is 0.769. The van der Waals surface area contributed by atoms with Gasteiger partial charge in [0.05, 0.1) is 21.3 Å². The van der Waals surface area contributed by atoms with E-state index in [9.17, 15) is 0 Å². The van der Waals surface area contributed by atoms with Gasteiger partial charge in [0, 0.05) is 0 Å². The van der Waals surface area contributed by atoms with Crippen molar-refractivity contribution in [2.75, 3.05) is 21.3 Å². The normalized spacial score (nSPS) is 10.4. The second kappa shape index (κ2) is 5.64. The maximum absolute atomic E-state index is 5.41. The molecule has 0 N–H and O–H groups in total. The van der Waals surface area contributed by atoms with Crippen molar-refractivity contribution < 1.29 is 14.2 Å².